The van der Waals surface area contributed by atoms with Gasteiger partial charge in [0.2, 0.25) is 0 Å². The molecular weight excluding hydrogens is 292 g/mol. The topological polar surface area (TPSA) is 50.8 Å². The van der Waals surface area contributed by atoms with Gasteiger partial charge in [-0.15, -0.1) is 0 Å². The Morgan fingerprint density at radius 3 is 2.17 bits per heavy atom. The molecule has 0 aromatic rings. The van der Waals surface area contributed by atoms with Crippen molar-refractivity contribution in [1.29, 1.82) is 0 Å². The number of nitrogens with one attached hydrogen (secondary N) is 1. The molecule has 3 aliphatic rings. The van der Waals surface area contributed by atoms with Gasteiger partial charge in [-0.05, 0) is 65.7 Å². The van der Waals surface area contributed by atoms with Crippen LogP contribution in [0.25, 0.3) is 0 Å². The van der Waals surface area contributed by atoms with Gasteiger partial charge >= 0.3 is 6.09 Å². The largest absolute Gasteiger partial charge is 0.444 e. The van der Waals surface area contributed by atoms with Crippen LogP contribution in [0.15, 0.2) is 0 Å². The van der Waals surface area contributed by atoms with Crippen molar-refractivity contribution >= 4 is 6.09 Å². The number of hydrogen-bond donors (Lipinski definition) is 1. The van der Waals surface area contributed by atoms with E-state index < -0.39 is 5.60 Å². The van der Waals surface area contributed by atoms with E-state index in [0.29, 0.717) is 30.3 Å². The second-order valence-electron chi connectivity index (χ2n) is 8.48. The standard InChI is InChI=1S/C18H32N2O3/c1-18(2,3)23-17(21)20-14-6-7-15(20)10-13(9-14)19-12-5-8-16(11-12)22-4/h12-16,19H,5-11H2,1-4H3. The van der Waals surface area contributed by atoms with Gasteiger partial charge in [-0.1, -0.05) is 0 Å². The normalized spacial score (nSPS) is 37.2. The maximum atomic E-state index is 12.5. The van der Waals surface area contributed by atoms with Crippen molar-refractivity contribution in [2.75, 3.05) is 7.11 Å². The molecule has 0 radical (unpaired) electrons. The zero-order valence-electron chi connectivity index (χ0n) is 15.0. The fourth-order valence-electron chi connectivity index (χ4n) is 4.56. The number of ether oxygens (including phenoxy) is 2. The Morgan fingerprint density at radius 1 is 1.00 bits per heavy atom. The average molecular weight is 324 g/mol. The number of rotatable bonds is 3. The fourth-order valence-corrected chi connectivity index (χ4v) is 4.56. The van der Waals surface area contributed by atoms with Crippen molar-refractivity contribution in [3.05, 3.63) is 0 Å². The minimum Gasteiger partial charge on any atom is -0.444 e. The molecule has 4 atom stereocenters. The van der Waals surface area contributed by atoms with E-state index in [9.17, 15) is 4.79 Å². The summed E-state index contributed by atoms with van der Waals surface area (Å²) in [6.45, 7) is 5.81. The van der Waals surface area contributed by atoms with Gasteiger partial charge in [0.15, 0.2) is 0 Å². The Balaban J connectivity index is 1.54. The van der Waals surface area contributed by atoms with Gasteiger partial charge in [0.05, 0.1) is 6.10 Å². The summed E-state index contributed by atoms with van der Waals surface area (Å²) in [6.07, 6.45) is 8.15. The van der Waals surface area contributed by atoms with Crippen LogP contribution in [0.5, 0.6) is 0 Å². The number of fused-ring (bicyclic) bond motifs is 2. The first-order valence-corrected chi connectivity index (χ1v) is 9.16. The molecule has 2 aliphatic heterocycles. The van der Waals surface area contributed by atoms with E-state index in [1.54, 1.807) is 0 Å². The highest BCUT2D eigenvalue weighted by Gasteiger charge is 2.45. The van der Waals surface area contributed by atoms with Crippen LogP contribution >= 0.6 is 0 Å². The number of hydrogen-bond acceptors (Lipinski definition) is 4. The first-order chi connectivity index (χ1) is 10.9. The van der Waals surface area contributed by atoms with Gasteiger partial charge in [0.1, 0.15) is 5.60 Å². The lowest BCUT2D eigenvalue weighted by Crippen LogP contribution is -2.53. The van der Waals surface area contributed by atoms with Crippen molar-refractivity contribution in [1.82, 2.24) is 10.2 Å². The van der Waals surface area contributed by atoms with E-state index in [1.165, 1.54) is 6.42 Å². The van der Waals surface area contributed by atoms with E-state index in [2.05, 4.69) is 5.32 Å². The summed E-state index contributed by atoms with van der Waals surface area (Å²) in [5.41, 5.74) is -0.412. The highest BCUT2D eigenvalue weighted by Crippen LogP contribution is 2.37. The van der Waals surface area contributed by atoms with Gasteiger partial charge < -0.3 is 19.7 Å². The molecule has 0 aromatic carbocycles. The number of amides is 1. The van der Waals surface area contributed by atoms with Crippen molar-refractivity contribution in [2.24, 2.45) is 0 Å². The van der Waals surface area contributed by atoms with Gasteiger partial charge in [0.25, 0.3) is 0 Å². The molecule has 3 fully saturated rings. The molecule has 1 N–H and O–H groups in total. The van der Waals surface area contributed by atoms with Crippen molar-refractivity contribution < 1.29 is 14.3 Å². The van der Waals surface area contributed by atoms with Crippen molar-refractivity contribution in [3.8, 4) is 0 Å². The summed E-state index contributed by atoms with van der Waals surface area (Å²) in [7, 11) is 1.81. The third-order valence-electron chi connectivity index (χ3n) is 5.53. The van der Waals surface area contributed by atoms with Gasteiger partial charge in [-0.3, -0.25) is 0 Å². The predicted octanol–water partition coefficient (Wildman–Crippen LogP) is 3.07. The molecule has 2 saturated heterocycles. The summed E-state index contributed by atoms with van der Waals surface area (Å²) in [6, 6.07) is 1.81. The molecule has 2 heterocycles. The number of nitrogens with zero attached hydrogens (tertiary/aromatic N) is 1. The Hall–Kier alpha value is -0.810. The monoisotopic (exact) mass is 324 g/mol. The number of carbonyl (C=O) groups is 1. The lowest BCUT2D eigenvalue weighted by molar-refractivity contribution is 0.00423. The van der Waals surface area contributed by atoms with Crippen LogP contribution in [0.4, 0.5) is 4.79 Å². The Kier molecular flexibility index (Phi) is 4.88. The number of piperidine rings is 1. The second kappa shape index (κ2) is 6.60. The van der Waals surface area contributed by atoms with E-state index in [-0.39, 0.29) is 6.09 Å². The molecule has 132 valence electrons. The molecule has 5 heteroatoms. The fraction of sp³-hybridized carbons (Fsp3) is 0.944. The van der Waals surface area contributed by atoms with Crippen LogP contribution in [-0.2, 0) is 9.47 Å². The molecule has 1 saturated carbocycles. The number of carbonyl (C=O) groups excluding carboxylic acids is 1. The van der Waals surface area contributed by atoms with E-state index in [0.717, 1.165) is 38.5 Å². The predicted molar refractivity (Wildman–Crippen MR) is 89.5 cm³/mol. The van der Waals surface area contributed by atoms with E-state index >= 15 is 0 Å². The first-order valence-electron chi connectivity index (χ1n) is 9.16. The zero-order valence-corrected chi connectivity index (χ0v) is 15.0. The lowest BCUT2D eigenvalue weighted by Gasteiger charge is -2.40. The molecule has 3 rings (SSSR count). The van der Waals surface area contributed by atoms with Gasteiger partial charge in [-0.25, -0.2) is 4.79 Å². The smallest absolute Gasteiger partial charge is 0.410 e. The molecular formula is C18H32N2O3. The quantitative estimate of drug-likeness (QED) is 0.867. The van der Waals surface area contributed by atoms with Gasteiger partial charge in [-0.2, -0.15) is 0 Å². The van der Waals surface area contributed by atoms with Crippen molar-refractivity contribution in [3.63, 3.8) is 0 Å². The summed E-state index contributed by atoms with van der Waals surface area (Å²) >= 11 is 0. The summed E-state index contributed by atoms with van der Waals surface area (Å²) < 4.78 is 11.1. The summed E-state index contributed by atoms with van der Waals surface area (Å²) in [5.74, 6) is 0. The molecule has 2 bridgehead atoms. The molecule has 0 spiro atoms. The first kappa shape index (κ1) is 17.0. The molecule has 1 amide bonds. The van der Waals surface area contributed by atoms with Crippen LogP contribution in [0, 0.1) is 0 Å². The van der Waals surface area contributed by atoms with Crippen LogP contribution in [0.2, 0.25) is 0 Å². The second-order valence-corrected chi connectivity index (χ2v) is 8.48. The summed E-state index contributed by atoms with van der Waals surface area (Å²) in [5, 5.41) is 3.83. The SMILES string of the molecule is COC1CCC(NC2CC3CCC(C2)N3C(=O)OC(C)(C)C)C1. The minimum atomic E-state index is -0.412. The Morgan fingerprint density at radius 2 is 1.65 bits per heavy atom. The highest BCUT2D eigenvalue weighted by atomic mass is 16.6. The van der Waals surface area contributed by atoms with Crippen LogP contribution in [0.1, 0.15) is 65.7 Å². The van der Waals surface area contributed by atoms with Crippen LogP contribution in [-0.4, -0.2) is 54.0 Å². The summed E-state index contributed by atoms with van der Waals surface area (Å²) in [4.78, 5) is 14.5. The molecule has 5 nitrogen and oxygen atoms in total. The maximum Gasteiger partial charge on any atom is 0.410 e. The molecule has 4 unspecified atom stereocenters. The minimum absolute atomic E-state index is 0.122. The van der Waals surface area contributed by atoms with Crippen LogP contribution < -0.4 is 5.32 Å². The Labute approximate surface area is 140 Å². The van der Waals surface area contributed by atoms with E-state index in [4.69, 9.17) is 9.47 Å². The molecule has 1 aliphatic carbocycles. The number of methoxy groups -OCH3 is 1. The Bertz CT molecular complexity index is 420. The lowest BCUT2D eigenvalue weighted by atomic mass is 9.96. The average Bonchev–Trinajstić information content (AvgIpc) is 3.00. The zero-order chi connectivity index (χ0) is 16.6. The van der Waals surface area contributed by atoms with Gasteiger partial charge in [0, 0.05) is 31.3 Å². The highest BCUT2D eigenvalue weighted by molar-refractivity contribution is 5.69. The maximum absolute atomic E-state index is 12.5. The molecule has 0 aromatic heterocycles. The third-order valence-corrected chi connectivity index (χ3v) is 5.53. The third kappa shape index (κ3) is 4.00. The van der Waals surface area contributed by atoms with E-state index in [1.807, 2.05) is 32.8 Å². The van der Waals surface area contributed by atoms with Crippen LogP contribution in [0.3, 0.4) is 0 Å². The molecule has 23 heavy (non-hydrogen) atoms. The van der Waals surface area contributed by atoms with Crippen molar-refractivity contribution in [2.45, 2.75) is 102 Å².